The fourth-order valence-electron chi connectivity index (χ4n) is 1.62. The molecule has 0 aliphatic rings. The maximum absolute atomic E-state index is 12.0. The lowest BCUT2D eigenvalue weighted by Crippen LogP contribution is -2.13. The standard InChI is InChI=1S/C13H13N3O3/c1-8-11(7-14-16-8)12(17)15-10-5-3-4-9(6-10)13(18)19-2/h3-7H,1-2H3,(H,14,16)(H,15,17). The number of carbonyl (C=O) groups is 2. The Morgan fingerprint density at radius 3 is 2.79 bits per heavy atom. The summed E-state index contributed by atoms with van der Waals surface area (Å²) in [7, 11) is 1.31. The highest BCUT2D eigenvalue weighted by Gasteiger charge is 2.12. The summed E-state index contributed by atoms with van der Waals surface area (Å²) in [5.74, 6) is -0.733. The van der Waals surface area contributed by atoms with Gasteiger partial charge in [0.15, 0.2) is 0 Å². The quantitative estimate of drug-likeness (QED) is 0.822. The number of aromatic nitrogens is 2. The van der Waals surface area contributed by atoms with E-state index in [9.17, 15) is 9.59 Å². The average molecular weight is 259 g/mol. The number of hydrogen-bond donors (Lipinski definition) is 2. The van der Waals surface area contributed by atoms with Crippen LogP contribution in [0, 0.1) is 6.92 Å². The van der Waals surface area contributed by atoms with Crippen LogP contribution >= 0.6 is 0 Å². The van der Waals surface area contributed by atoms with Crippen molar-refractivity contribution in [1.82, 2.24) is 10.2 Å². The number of amides is 1. The van der Waals surface area contributed by atoms with E-state index in [1.807, 2.05) is 0 Å². The van der Waals surface area contributed by atoms with Crippen LogP contribution in [0.15, 0.2) is 30.5 Å². The second-order valence-electron chi connectivity index (χ2n) is 3.94. The summed E-state index contributed by atoms with van der Waals surface area (Å²) in [6.45, 7) is 1.76. The highest BCUT2D eigenvalue weighted by molar-refractivity contribution is 6.05. The molecular weight excluding hydrogens is 246 g/mol. The molecule has 0 saturated carbocycles. The van der Waals surface area contributed by atoms with Crippen LogP contribution in [-0.2, 0) is 4.74 Å². The molecule has 0 spiro atoms. The minimum absolute atomic E-state index is 0.284. The van der Waals surface area contributed by atoms with Gasteiger partial charge in [0.05, 0.1) is 24.4 Å². The zero-order valence-corrected chi connectivity index (χ0v) is 10.6. The Kier molecular flexibility index (Phi) is 3.61. The van der Waals surface area contributed by atoms with Gasteiger partial charge in [0.2, 0.25) is 0 Å². The summed E-state index contributed by atoms with van der Waals surface area (Å²) in [6, 6.07) is 6.54. The number of ether oxygens (including phenoxy) is 1. The Bertz CT molecular complexity index is 619. The molecule has 0 radical (unpaired) electrons. The summed E-state index contributed by atoms with van der Waals surface area (Å²) in [4.78, 5) is 23.3. The molecule has 0 unspecified atom stereocenters. The maximum atomic E-state index is 12.0. The number of benzene rings is 1. The Labute approximate surface area is 109 Å². The molecule has 0 aliphatic heterocycles. The number of aromatic amines is 1. The van der Waals surface area contributed by atoms with Crippen LogP contribution in [0.25, 0.3) is 0 Å². The minimum Gasteiger partial charge on any atom is -0.465 e. The van der Waals surface area contributed by atoms with Gasteiger partial charge in [0.25, 0.3) is 5.91 Å². The third-order valence-electron chi connectivity index (χ3n) is 2.62. The van der Waals surface area contributed by atoms with E-state index in [0.29, 0.717) is 22.5 Å². The first-order chi connectivity index (χ1) is 9.11. The van der Waals surface area contributed by atoms with Gasteiger partial charge >= 0.3 is 5.97 Å². The van der Waals surface area contributed by atoms with Gasteiger partial charge in [-0.2, -0.15) is 5.10 Å². The number of anilines is 1. The molecule has 98 valence electrons. The average Bonchev–Trinajstić information content (AvgIpc) is 2.84. The number of aryl methyl sites for hydroxylation is 1. The van der Waals surface area contributed by atoms with E-state index in [2.05, 4.69) is 20.3 Å². The van der Waals surface area contributed by atoms with Crippen molar-refractivity contribution in [2.45, 2.75) is 6.92 Å². The molecule has 19 heavy (non-hydrogen) atoms. The molecule has 1 aromatic heterocycles. The number of rotatable bonds is 3. The lowest BCUT2D eigenvalue weighted by molar-refractivity contribution is 0.0600. The van der Waals surface area contributed by atoms with Crippen LogP contribution in [0.4, 0.5) is 5.69 Å². The summed E-state index contributed by atoms with van der Waals surface area (Å²) >= 11 is 0. The number of carbonyl (C=O) groups excluding carboxylic acids is 2. The molecule has 6 heteroatoms. The normalized spacial score (nSPS) is 10.0. The maximum Gasteiger partial charge on any atom is 0.337 e. The first-order valence-corrected chi connectivity index (χ1v) is 5.61. The molecule has 2 rings (SSSR count). The van der Waals surface area contributed by atoms with E-state index in [0.717, 1.165) is 0 Å². The molecule has 1 heterocycles. The second kappa shape index (κ2) is 5.34. The predicted molar refractivity (Wildman–Crippen MR) is 69.1 cm³/mol. The van der Waals surface area contributed by atoms with E-state index >= 15 is 0 Å². The van der Waals surface area contributed by atoms with Crippen molar-refractivity contribution in [3.05, 3.63) is 47.3 Å². The summed E-state index contributed by atoms with van der Waals surface area (Å²) < 4.78 is 4.62. The number of H-pyrrole nitrogens is 1. The van der Waals surface area contributed by atoms with Crippen molar-refractivity contribution >= 4 is 17.6 Å². The van der Waals surface area contributed by atoms with Gasteiger partial charge < -0.3 is 10.1 Å². The van der Waals surface area contributed by atoms with Gasteiger partial charge in [-0.1, -0.05) is 6.07 Å². The SMILES string of the molecule is COC(=O)c1cccc(NC(=O)c2cn[nH]c2C)c1. The van der Waals surface area contributed by atoms with Gasteiger partial charge in [-0.05, 0) is 25.1 Å². The van der Waals surface area contributed by atoms with Crippen molar-refractivity contribution in [2.75, 3.05) is 12.4 Å². The number of esters is 1. The van der Waals surface area contributed by atoms with Crippen LogP contribution in [0.2, 0.25) is 0 Å². The Morgan fingerprint density at radius 1 is 1.37 bits per heavy atom. The van der Waals surface area contributed by atoms with Crippen LogP contribution in [-0.4, -0.2) is 29.2 Å². The number of nitrogens with one attached hydrogen (secondary N) is 2. The molecule has 1 aromatic carbocycles. The first-order valence-electron chi connectivity index (χ1n) is 5.61. The molecule has 1 amide bonds. The van der Waals surface area contributed by atoms with Gasteiger partial charge in [-0.15, -0.1) is 0 Å². The molecule has 2 N–H and O–H groups in total. The van der Waals surface area contributed by atoms with Crippen molar-refractivity contribution in [3.63, 3.8) is 0 Å². The van der Waals surface area contributed by atoms with E-state index in [4.69, 9.17) is 0 Å². The Morgan fingerprint density at radius 2 is 2.16 bits per heavy atom. The van der Waals surface area contributed by atoms with Gasteiger partial charge in [-0.3, -0.25) is 9.89 Å². The lowest BCUT2D eigenvalue weighted by Gasteiger charge is -2.06. The third-order valence-corrected chi connectivity index (χ3v) is 2.62. The molecular formula is C13H13N3O3. The minimum atomic E-state index is -0.449. The summed E-state index contributed by atoms with van der Waals surface area (Å²) in [5, 5.41) is 9.17. The van der Waals surface area contributed by atoms with Gasteiger partial charge in [0.1, 0.15) is 0 Å². The molecule has 0 fully saturated rings. The smallest absolute Gasteiger partial charge is 0.337 e. The van der Waals surface area contributed by atoms with E-state index in [1.54, 1.807) is 31.2 Å². The predicted octanol–water partition coefficient (Wildman–Crippen LogP) is 1.76. The Hall–Kier alpha value is -2.63. The van der Waals surface area contributed by atoms with Crippen molar-refractivity contribution in [1.29, 1.82) is 0 Å². The van der Waals surface area contributed by atoms with Crippen LogP contribution in [0.3, 0.4) is 0 Å². The highest BCUT2D eigenvalue weighted by atomic mass is 16.5. The van der Waals surface area contributed by atoms with Crippen molar-refractivity contribution < 1.29 is 14.3 Å². The molecule has 0 bridgehead atoms. The molecule has 2 aromatic rings. The van der Waals surface area contributed by atoms with Gasteiger partial charge in [-0.25, -0.2) is 4.79 Å². The van der Waals surface area contributed by atoms with Crippen LogP contribution < -0.4 is 5.32 Å². The third kappa shape index (κ3) is 2.79. The molecule has 0 saturated heterocycles. The monoisotopic (exact) mass is 259 g/mol. The topological polar surface area (TPSA) is 84.1 Å². The van der Waals surface area contributed by atoms with Crippen LogP contribution in [0.5, 0.6) is 0 Å². The number of hydrogen-bond acceptors (Lipinski definition) is 4. The summed E-state index contributed by atoms with van der Waals surface area (Å²) in [6.07, 6.45) is 1.45. The van der Waals surface area contributed by atoms with Crippen LogP contribution in [0.1, 0.15) is 26.4 Å². The van der Waals surface area contributed by atoms with Crippen molar-refractivity contribution in [2.24, 2.45) is 0 Å². The fourth-order valence-corrected chi connectivity index (χ4v) is 1.62. The molecule has 0 atom stereocenters. The zero-order chi connectivity index (χ0) is 13.8. The van der Waals surface area contributed by atoms with Crippen molar-refractivity contribution in [3.8, 4) is 0 Å². The fraction of sp³-hybridized carbons (Fsp3) is 0.154. The second-order valence-corrected chi connectivity index (χ2v) is 3.94. The molecule has 0 aliphatic carbocycles. The van der Waals surface area contributed by atoms with E-state index < -0.39 is 5.97 Å². The highest BCUT2D eigenvalue weighted by Crippen LogP contribution is 2.13. The lowest BCUT2D eigenvalue weighted by atomic mass is 10.2. The largest absolute Gasteiger partial charge is 0.465 e. The first kappa shape index (κ1) is 12.8. The number of methoxy groups -OCH3 is 1. The Balaban J connectivity index is 2.18. The zero-order valence-electron chi connectivity index (χ0n) is 10.6. The van der Waals surface area contributed by atoms with Gasteiger partial charge in [0, 0.05) is 11.4 Å². The summed E-state index contributed by atoms with van der Waals surface area (Å²) in [5.41, 5.74) is 2.04. The van der Waals surface area contributed by atoms with E-state index in [1.165, 1.54) is 13.3 Å². The van der Waals surface area contributed by atoms with E-state index in [-0.39, 0.29) is 5.91 Å². The molecule has 6 nitrogen and oxygen atoms in total. The number of nitrogens with zero attached hydrogens (tertiary/aromatic N) is 1.